The first-order valence-corrected chi connectivity index (χ1v) is 11.8. The largest absolute Gasteiger partial charge is 0.356 e. The third-order valence-corrected chi connectivity index (χ3v) is 6.89. The van der Waals surface area contributed by atoms with Crippen LogP contribution < -0.4 is 5.32 Å². The normalized spacial score (nSPS) is 21.3. The molecule has 2 unspecified atom stereocenters. The molecular weight excluding hydrogens is 404 g/mol. The van der Waals surface area contributed by atoms with Gasteiger partial charge in [-0.1, -0.05) is 51.8 Å². The molecular formula is C25H34N4O3. The van der Waals surface area contributed by atoms with Crippen molar-refractivity contribution in [3.8, 4) is 0 Å². The zero-order valence-electron chi connectivity index (χ0n) is 19.5. The van der Waals surface area contributed by atoms with Gasteiger partial charge in [-0.15, -0.1) is 0 Å². The third kappa shape index (κ3) is 3.48. The van der Waals surface area contributed by atoms with E-state index in [-0.39, 0.29) is 23.8 Å². The van der Waals surface area contributed by atoms with E-state index >= 15 is 0 Å². The van der Waals surface area contributed by atoms with Crippen molar-refractivity contribution in [1.29, 1.82) is 0 Å². The SMILES string of the molecule is CCCCCNC(=O)C(CC(C)C)N1C(=O)N2CCc3c([nH]c4ccccc34)C2(C)C1=O. The fourth-order valence-corrected chi connectivity index (χ4v) is 5.17. The van der Waals surface area contributed by atoms with Gasteiger partial charge in [-0.25, -0.2) is 9.69 Å². The Kier molecular flexibility index (Phi) is 6.01. The molecule has 0 spiro atoms. The Morgan fingerprint density at radius 1 is 1.22 bits per heavy atom. The number of nitrogens with zero attached hydrogens (tertiary/aromatic N) is 2. The number of carbonyl (C=O) groups is 3. The van der Waals surface area contributed by atoms with Gasteiger partial charge in [-0.05, 0) is 43.7 Å². The summed E-state index contributed by atoms with van der Waals surface area (Å²) in [5, 5.41) is 4.06. The number of imide groups is 1. The maximum Gasteiger partial charge on any atom is 0.328 e. The second kappa shape index (κ2) is 8.60. The molecule has 0 saturated carbocycles. The summed E-state index contributed by atoms with van der Waals surface area (Å²) in [6, 6.07) is 6.82. The van der Waals surface area contributed by atoms with Crippen molar-refractivity contribution in [2.75, 3.05) is 13.1 Å². The molecule has 0 bridgehead atoms. The minimum atomic E-state index is -1.12. The van der Waals surface area contributed by atoms with Gasteiger partial charge in [-0.2, -0.15) is 0 Å². The highest BCUT2D eigenvalue weighted by molar-refractivity contribution is 6.11. The average Bonchev–Trinajstić information content (AvgIpc) is 3.24. The number of hydrogen-bond acceptors (Lipinski definition) is 3. The average molecular weight is 439 g/mol. The highest BCUT2D eigenvalue weighted by Crippen LogP contribution is 2.44. The summed E-state index contributed by atoms with van der Waals surface area (Å²) in [6.45, 7) is 8.95. The summed E-state index contributed by atoms with van der Waals surface area (Å²) in [7, 11) is 0. The van der Waals surface area contributed by atoms with Crippen molar-refractivity contribution in [2.45, 2.75) is 71.4 Å². The molecule has 32 heavy (non-hydrogen) atoms. The summed E-state index contributed by atoms with van der Waals surface area (Å²) < 4.78 is 0. The number of fused-ring (bicyclic) bond motifs is 5. The van der Waals surface area contributed by atoms with Gasteiger partial charge in [0.25, 0.3) is 5.91 Å². The van der Waals surface area contributed by atoms with Crippen LogP contribution in [0.3, 0.4) is 0 Å². The molecule has 2 atom stereocenters. The molecule has 2 aliphatic rings. The lowest BCUT2D eigenvalue weighted by molar-refractivity contribution is -0.140. The number of aromatic amines is 1. The lowest BCUT2D eigenvalue weighted by Crippen LogP contribution is -2.51. The Labute approximate surface area is 189 Å². The van der Waals surface area contributed by atoms with Crippen LogP contribution in [0, 0.1) is 5.92 Å². The molecule has 2 aromatic rings. The Morgan fingerprint density at radius 3 is 2.69 bits per heavy atom. The first kappa shape index (κ1) is 22.4. The summed E-state index contributed by atoms with van der Waals surface area (Å²) in [4.78, 5) is 46.8. The van der Waals surface area contributed by atoms with E-state index in [2.05, 4.69) is 17.2 Å². The predicted octanol–water partition coefficient (Wildman–Crippen LogP) is 3.92. The molecule has 1 fully saturated rings. The van der Waals surface area contributed by atoms with Crippen LogP contribution in [0.15, 0.2) is 24.3 Å². The van der Waals surface area contributed by atoms with Crippen LogP contribution in [0.4, 0.5) is 4.79 Å². The predicted molar refractivity (Wildman–Crippen MR) is 124 cm³/mol. The van der Waals surface area contributed by atoms with Crippen LogP contribution in [-0.4, -0.2) is 51.8 Å². The number of amides is 4. The van der Waals surface area contributed by atoms with E-state index in [0.717, 1.165) is 41.4 Å². The van der Waals surface area contributed by atoms with Crippen LogP contribution in [0.5, 0.6) is 0 Å². The number of nitrogens with one attached hydrogen (secondary N) is 2. The molecule has 4 amide bonds. The van der Waals surface area contributed by atoms with Crippen molar-refractivity contribution in [1.82, 2.24) is 20.1 Å². The fraction of sp³-hybridized carbons (Fsp3) is 0.560. The van der Waals surface area contributed by atoms with Gasteiger partial charge < -0.3 is 15.2 Å². The van der Waals surface area contributed by atoms with E-state index in [0.29, 0.717) is 25.9 Å². The van der Waals surface area contributed by atoms with Crippen molar-refractivity contribution >= 4 is 28.7 Å². The Morgan fingerprint density at radius 2 is 1.97 bits per heavy atom. The number of aromatic nitrogens is 1. The number of carbonyl (C=O) groups excluding carboxylic acids is 3. The Balaban J connectivity index is 1.69. The van der Waals surface area contributed by atoms with E-state index < -0.39 is 11.6 Å². The molecule has 2 N–H and O–H groups in total. The Hall–Kier alpha value is -2.83. The van der Waals surface area contributed by atoms with E-state index in [1.54, 1.807) is 4.90 Å². The second-order valence-corrected chi connectivity index (χ2v) is 9.60. The van der Waals surface area contributed by atoms with E-state index in [4.69, 9.17) is 0 Å². The smallest absolute Gasteiger partial charge is 0.328 e. The third-order valence-electron chi connectivity index (χ3n) is 6.89. The second-order valence-electron chi connectivity index (χ2n) is 9.60. The van der Waals surface area contributed by atoms with Gasteiger partial charge in [0.2, 0.25) is 5.91 Å². The standard InChI is InChI=1S/C25H34N4O3/c1-5-6-9-13-26-22(30)20(15-16(2)3)29-23(31)25(4)21-18(12-14-28(25)24(29)32)17-10-7-8-11-19(17)27-21/h7-8,10-11,16,20,27H,5-6,9,12-15H2,1-4H3,(H,26,30). The van der Waals surface area contributed by atoms with Crippen molar-refractivity contribution in [2.24, 2.45) is 5.92 Å². The molecule has 1 saturated heterocycles. The highest BCUT2D eigenvalue weighted by Gasteiger charge is 2.60. The fourth-order valence-electron chi connectivity index (χ4n) is 5.17. The van der Waals surface area contributed by atoms with E-state index in [1.807, 2.05) is 45.0 Å². The van der Waals surface area contributed by atoms with Crippen LogP contribution in [0.1, 0.15) is 64.6 Å². The van der Waals surface area contributed by atoms with E-state index in [1.165, 1.54) is 4.90 Å². The van der Waals surface area contributed by atoms with Crippen LogP contribution in [0.2, 0.25) is 0 Å². The minimum absolute atomic E-state index is 0.163. The molecule has 7 heteroatoms. The maximum atomic E-state index is 13.9. The van der Waals surface area contributed by atoms with E-state index in [9.17, 15) is 14.4 Å². The highest BCUT2D eigenvalue weighted by atomic mass is 16.2. The molecule has 4 rings (SSSR count). The van der Waals surface area contributed by atoms with Crippen molar-refractivity contribution in [3.63, 3.8) is 0 Å². The summed E-state index contributed by atoms with van der Waals surface area (Å²) in [5.41, 5.74) is 1.71. The van der Waals surface area contributed by atoms with Gasteiger partial charge in [0.15, 0.2) is 5.54 Å². The number of urea groups is 1. The first-order chi connectivity index (χ1) is 15.3. The van der Waals surface area contributed by atoms with Gasteiger partial charge in [-0.3, -0.25) is 9.59 Å². The van der Waals surface area contributed by atoms with Crippen molar-refractivity contribution in [3.05, 3.63) is 35.5 Å². The molecule has 2 aliphatic heterocycles. The summed E-state index contributed by atoms with van der Waals surface area (Å²) >= 11 is 0. The number of benzene rings is 1. The maximum absolute atomic E-state index is 13.9. The molecule has 0 radical (unpaired) electrons. The molecule has 0 aliphatic carbocycles. The lowest BCUT2D eigenvalue weighted by Gasteiger charge is -2.36. The summed E-state index contributed by atoms with van der Waals surface area (Å²) in [6.07, 6.45) is 4.11. The zero-order chi connectivity index (χ0) is 23.0. The number of para-hydroxylation sites is 1. The van der Waals surface area contributed by atoms with Crippen molar-refractivity contribution < 1.29 is 14.4 Å². The molecule has 1 aromatic carbocycles. The Bertz CT molecular complexity index is 1040. The van der Waals surface area contributed by atoms with Crippen LogP contribution >= 0.6 is 0 Å². The number of unbranched alkanes of at least 4 members (excludes halogenated alkanes) is 2. The minimum Gasteiger partial charge on any atom is -0.356 e. The lowest BCUT2D eigenvalue weighted by atomic mass is 9.87. The first-order valence-electron chi connectivity index (χ1n) is 11.8. The molecule has 7 nitrogen and oxygen atoms in total. The van der Waals surface area contributed by atoms with Gasteiger partial charge in [0.1, 0.15) is 6.04 Å². The number of hydrogen-bond donors (Lipinski definition) is 2. The van der Waals surface area contributed by atoms with Gasteiger partial charge in [0.05, 0.1) is 5.69 Å². The molecule has 3 heterocycles. The topological polar surface area (TPSA) is 85.5 Å². The zero-order valence-corrected chi connectivity index (χ0v) is 19.5. The molecule has 172 valence electrons. The van der Waals surface area contributed by atoms with Gasteiger partial charge in [0, 0.05) is 24.0 Å². The summed E-state index contributed by atoms with van der Waals surface area (Å²) in [5.74, 6) is -0.391. The molecule has 1 aromatic heterocycles. The van der Waals surface area contributed by atoms with Crippen LogP contribution in [-0.2, 0) is 21.5 Å². The quantitative estimate of drug-likeness (QED) is 0.484. The number of H-pyrrole nitrogens is 1. The number of rotatable bonds is 8. The van der Waals surface area contributed by atoms with Gasteiger partial charge >= 0.3 is 6.03 Å². The monoisotopic (exact) mass is 438 g/mol. The van der Waals surface area contributed by atoms with Crippen LogP contribution in [0.25, 0.3) is 10.9 Å².